The number of anilines is 1. The number of carbonyl (C=O) groups is 1. The summed E-state index contributed by atoms with van der Waals surface area (Å²) in [4.78, 5) is 11.0. The summed E-state index contributed by atoms with van der Waals surface area (Å²) in [5.74, 6) is -0.0625. The van der Waals surface area contributed by atoms with Crippen LogP contribution in [-0.2, 0) is 4.79 Å². The highest BCUT2D eigenvalue weighted by atomic mass is 35.5. The molecule has 6 heteroatoms. The van der Waals surface area contributed by atoms with E-state index in [4.69, 9.17) is 29.6 Å². The van der Waals surface area contributed by atoms with Crippen LogP contribution in [0.2, 0.25) is 5.02 Å². The van der Waals surface area contributed by atoms with Crippen molar-refractivity contribution in [1.82, 2.24) is 5.32 Å². The first-order chi connectivity index (χ1) is 8.00. The van der Waals surface area contributed by atoms with E-state index >= 15 is 0 Å². The van der Waals surface area contributed by atoms with Crippen LogP contribution in [0.4, 0.5) is 5.69 Å². The van der Waals surface area contributed by atoms with Crippen LogP contribution in [0.1, 0.15) is 12.5 Å². The maximum Gasteiger partial charge on any atom is 0.216 e. The molecule has 0 aromatic heterocycles. The maximum atomic E-state index is 10.7. The minimum atomic E-state index is -0.0625. The summed E-state index contributed by atoms with van der Waals surface area (Å²) in [6, 6.07) is 5.25. The molecule has 0 bridgehead atoms. The van der Waals surface area contributed by atoms with Gasteiger partial charge in [0.15, 0.2) is 0 Å². The number of rotatable bonds is 5. The normalized spacial score (nSPS) is 9.76. The number of hydrogen-bond acceptors (Lipinski definition) is 3. The molecular formula is C11H14ClN3OS. The molecule has 17 heavy (non-hydrogen) atoms. The Kier molecular flexibility index (Phi) is 5.18. The van der Waals surface area contributed by atoms with E-state index < -0.39 is 0 Å². The van der Waals surface area contributed by atoms with Crippen LogP contribution in [0, 0.1) is 0 Å². The smallest absolute Gasteiger partial charge is 0.216 e. The van der Waals surface area contributed by atoms with Crippen molar-refractivity contribution in [2.24, 2.45) is 5.73 Å². The summed E-state index contributed by atoms with van der Waals surface area (Å²) >= 11 is 10.8. The van der Waals surface area contributed by atoms with Gasteiger partial charge in [-0.1, -0.05) is 23.8 Å². The molecule has 0 unspecified atom stereocenters. The van der Waals surface area contributed by atoms with Gasteiger partial charge in [0.05, 0.1) is 0 Å². The SMILES string of the molecule is CC(=O)NCCNc1cc(Cl)ccc1C(N)=S. The highest BCUT2D eigenvalue weighted by Crippen LogP contribution is 2.20. The van der Waals surface area contributed by atoms with Crippen LogP contribution in [0.5, 0.6) is 0 Å². The molecule has 0 fully saturated rings. The molecule has 0 saturated carbocycles. The maximum absolute atomic E-state index is 10.7. The van der Waals surface area contributed by atoms with Gasteiger partial charge in [0, 0.05) is 36.3 Å². The molecule has 0 spiro atoms. The topological polar surface area (TPSA) is 67.2 Å². The number of amides is 1. The fourth-order valence-corrected chi connectivity index (χ4v) is 1.66. The third-order valence-corrected chi connectivity index (χ3v) is 2.52. The zero-order chi connectivity index (χ0) is 12.8. The van der Waals surface area contributed by atoms with Gasteiger partial charge in [-0.15, -0.1) is 0 Å². The van der Waals surface area contributed by atoms with E-state index in [1.54, 1.807) is 18.2 Å². The predicted molar refractivity (Wildman–Crippen MR) is 74.5 cm³/mol. The lowest BCUT2D eigenvalue weighted by atomic mass is 10.2. The fraction of sp³-hybridized carbons (Fsp3) is 0.273. The van der Waals surface area contributed by atoms with Gasteiger partial charge in [0.2, 0.25) is 5.91 Å². The molecule has 4 N–H and O–H groups in total. The molecule has 0 aliphatic heterocycles. The molecule has 4 nitrogen and oxygen atoms in total. The van der Waals surface area contributed by atoms with Gasteiger partial charge in [-0.2, -0.15) is 0 Å². The van der Waals surface area contributed by atoms with Crippen molar-refractivity contribution < 1.29 is 4.79 Å². The summed E-state index contributed by atoms with van der Waals surface area (Å²) in [6.07, 6.45) is 0. The predicted octanol–water partition coefficient (Wildman–Crippen LogP) is 1.52. The monoisotopic (exact) mass is 271 g/mol. The Labute approximate surface area is 111 Å². The number of thiocarbonyl (C=S) groups is 1. The summed E-state index contributed by atoms with van der Waals surface area (Å²) in [6.45, 7) is 2.58. The summed E-state index contributed by atoms with van der Waals surface area (Å²) in [5.41, 5.74) is 7.11. The van der Waals surface area contributed by atoms with Gasteiger partial charge in [-0.05, 0) is 18.2 Å². The summed E-state index contributed by atoms with van der Waals surface area (Å²) < 4.78 is 0. The standard InChI is InChI=1S/C11H14ClN3OS/c1-7(16)14-4-5-15-10-6-8(12)2-3-9(10)11(13)17/h2-3,6,15H,4-5H2,1H3,(H2,13,17)(H,14,16). The molecular weight excluding hydrogens is 258 g/mol. The van der Waals surface area contributed by atoms with E-state index in [0.29, 0.717) is 23.1 Å². The number of halogens is 1. The number of benzene rings is 1. The van der Waals surface area contributed by atoms with Crippen LogP contribution < -0.4 is 16.4 Å². The molecule has 0 atom stereocenters. The molecule has 0 saturated heterocycles. The first-order valence-corrected chi connectivity index (χ1v) is 5.87. The Morgan fingerprint density at radius 1 is 1.47 bits per heavy atom. The Morgan fingerprint density at radius 3 is 2.76 bits per heavy atom. The Hall–Kier alpha value is -1.33. The number of carbonyl (C=O) groups excluding carboxylic acids is 1. The molecule has 0 heterocycles. The van der Waals surface area contributed by atoms with Crippen molar-refractivity contribution >= 4 is 40.4 Å². The van der Waals surface area contributed by atoms with Crippen molar-refractivity contribution in [1.29, 1.82) is 0 Å². The van der Waals surface area contributed by atoms with E-state index in [2.05, 4.69) is 10.6 Å². The molecule has 0 radical (unpaired) electrons. The number of nitrogens with two attached hydrogens (primary N) is 1. The van der Waals surface area contributed by atoms with E-state index in [9.17, 15) is 4.79 Å². The molecule has 0 aliphatic carbocycles. The second-order valence-corrected chi connectivity index (χ2v) is 4.34. The number of nitrogens with one attached hydrogen (secondary N) is 2. The van der Waals surface area contributed by atoms with E-state index in [1.807, 2.05) is 0 Å². The zero-order valence-corrected chi connectivity index (χ0v) is 11.0. The first kappa shape index (κ1) is 13.7. The lowest BCUT2D eigenvalue weighted by Gasteiger charge is -2.11. The van der Waals surface area contributed by atoms with Crippen LogP contribution in [0.25, 0.3) is 0 Å². The molecule has 0 aliphatic rings. The lowest BCUT2D eigenvalue weighted by molar-refractivity contribution is -0.118. The van der Waals surface area contributed by atoms with Crippen molar-refractivity contribution in [3.63, 3.8) is 0 Å². The molecule has 1 aromatic carbocycles. The third kappa shape index (κ3) is 4.58. The van der Waals surface area contributed by atoms with Gasteiger partial charge in [0.25, 0.3) is 0 Å². The van der Waals surface area contributed by atoms with E-state index in [-0.39, 0.29) is 5.91 Å². The minimum absolute atomic E-state index is 0.0625. The average Bonchev–Trinajstić information content (AvgIpc) is 2.23. The Bertz CT molecular complexity index is 437. The van der Waals surface area contributed by atoms with Gasteiger partial charge in [0.1, 0.15) is 4.99 Å². The third-order valence-electron chi connectivity index (χ3n) is 2.06. The van der Waals surface area contributed by atoms with E-state index in [1.165, 1.54) is 6.92 Å². The molecule has 92 valence electrons. The summed E-state index contributed by atoms with van der Waals surface area (Å²) in [5, 5.41) is 6.41. The lowest BCUT2D eigenvalue weighted by Crippen LogP contribution is -2.26. The fourth-order valence-electron chi connectivity index (χ4n) is 1.31. The van der Waals surface area contributed by atoms with Gasteiger partial charge < -0.3 is 16.4 Å². The largest absolute Gasteiger partial charge is 0.389 e. The van der Waals surface area contributed by atoms with Crippen molar-refractivity contribution in [3.05, 3.63) is 28.8 Å². The van der Waals surface area contributed by atoms with Crippen molar-refractivity contribution in [2.45, 2.75) is 6.92 Å². The minimum Gasteiger partial charge on any atom is -0.389 e. The van der Waals surface area contributed by atoms with Crippen LogP contribution in [-0.4, -0.2) is 24.0 Å². The first-order valence-electron chi connectivity index (χ1n) is 5.08. The molecule has 1 aromatic rings. The Balaban J connectivity index is 2.65. The van der Waals surface area contributed by atoms with Crippen LogP contribution >= 0.6 is 23.8 Å². The van der Waals surface area contributed by atoms with Gasteiger partial charge in [-0.25, -0.2) is 0 Å². The zero-order valence-electron chi connectivity index (χ0n) is 9.42. The molecule has 1 rings (SSSR count). The van der Waals surface area contributed by atoms with Gasteiger partial charge in [-0.3, -0.25) is 4.79 Å². The quantitative estimate of drug-likeness (QED) is 0.561. The van der Waals surface area contributed by atoms with Crippen molar-refractivity contribution in [3.8, 4) is 0 Å². The second kappa shape index (κ2) is 6.42. The van der Waals surface area contributed by atoms with Crippen molar-refractivity contribution in [2.75, 3.05) is 18.4 Å². The van der Waals surface area contributed by atoms with Crippen LogP contribution in [0.15, 0.2) is 18.2 Å². The molecule has 1 amide bonds. The second-order valence-electron chi connectivity index (χ2n) is 3.46. The highest BCUT2D eigenvalue weighted by molar-refractivity contribution is 7.80. The average molecular weight is 272 g/mol. The van der Waals surface area contributed by atoms with Gasteiger partial charge >= 0.3 is 0 Å². The van der Waals surface area contributed by atoms with E-state index in [0.717, 1.165) is 11.3 Å². The summed E-state index contributed by atoms with van der Waals surface area (Å²) in [7, 11) is 0. The Morgan fingerprint density at radius 2 is 2.18 bits per heavy atom. The highest BCUT2D eigenvalue weighted by Gasteiger charge is 2.05. The van der Waals surface area contributed by atoms with Crippen LogP contribution in [0.3, 0.4) is 0 Å². The number of hydrogen-bond donors (Lipinski definition) is 3.